The lowest BCUT2D eigenvalue weighted by Gasteiger charge is -2.17. The van der Waals surface area contributed by atoms with E-state index in [9.17, 15) is 8.42 Å². The lowest BCUT2D eigenvalue weighted by Crippen LogP contribution is -2.41. The van der Waals surface area contributed by atoms with E-state index in [1.54, 1.807) is 6.92 Å². The molecule has 0 aliphatic carbocycles. The molecule has 1 heterocycles. The molecule has 0 spiro atoms. The molecule has 8 heteroatoms. The van der Waals surface area contributed by atoms with Crippen molar-refractivity contribution in [2.45, 2.75) is 6.92 Å². The number of hydrogen-bond acceptors (Lipinski definition) is 5. The number of nitrogens with one attached hydrogen (secondary N) is 2. The summed E-state index contributed by atoms with van der Waals surface area (Å²) in [6, 6.07) is 0. The molecule has 7 nitrogen and oxygen atoms in total. The van der Waals surface area contributed by atoms with Crippen molar-refractivity contribution in [3.63, 3.8) is 0 Å². The first-order valence-corrected chi connectivity index (χ1v) is 5.02. The number of nitrogens with zero attached hydrogens (tertiary/aromatic N) is 1. The topological polar surface area (TPSA) is 123 Å². The first-order valence-electron chi connectivity index (χ1n) is 3.58. The van der Waals surface area contributed by atoms with Crippen molar-refractivity contribution in [2.75, 3.05) is 6.54 Å². The SMILES string of the molecule is CCNC1=C(N)C(N)=NS(=O)(=O)N1. The molecular weight excluding hydrogens is 194 g/mol. The van der Waals surface area contributed by atoms with E-state index in [-0.39, 0.29) is 17.4 Å². The molecule has 13 heavy (non-hydrogen) atoms. The van der Waals surface area contributed by atoms with Gasteiger partial charge in [-0.1, -0.05) is 0 Å². The molecule has 0 saturated carbocycles. The third-order valence-corrected chi connectivity index (χ3v) is 2.25. The van der Waals surface area contributed by atoms with Gasteiger partial charge in [0.2, 0.25) is 0 Å². The summed E-state index contributed by atoms with van der Waals surface area (Å²) in [5.74, 6) is -0.0234. The highest BCUT2D eigenvalue weighted by Crippen LogP contribution is 2.03. The van der Waals surface area contributed by atoms with Crippen LogP contribution in [-0.2, 0) is 10.2 Å². The Hall–Kier alpha value is -1.44. The van der Waals surface area contributed by atoms with Crippen LogP contribution >= 0.6 is 0 Å². The van der Waals surface area contributed by atoms with E-state index in [0.717, 1.165) is 0 Å². The largest absolute Gasteiger partial charge is 0.393 e. The molecular formula is C5H11N5O2S. The molecule has 0 unspecified atom stereocenters. The third kappa shape index (κ3) is 2.02. The van der Waals surface area contributed by atoms with Gasteiger partial charge in [-0.2, -0.15) is 8.42 Å². The second-order valence-corrected chi connectivity index (χ2v) is 3.71. The zero-order valence-corrected chi connectivity index (χ0v) is 7.85. The Bertz CT molecular complexity index is 368. The van der Waals surface area contributed by atoms with E-state index in [0.29, 0.717) is 6.54 Å². The third-order valence-electron chi connectivity index (χ3n) is 1.35. The van der Waals surface area contributed by atoms with Gasteiger partial charge in [0, 0.05) is 6.54 Å². The van der Waals surface area contributed by atoms with Gasteiger partial charge in [-0.3, -0.25) is 0 Å². The maximum Gasteiger partial charge on any atom is 0.345 e. The number of hydrogen-bond donors (Lipinski definition) is 4. The lowest BCUT2D eigenvalue weighted by molar-refractivity contribution is 0.585. The standard InChI is InChI=1S/C5H11N5O2S/c1-2-8-5-3(6)4(7)9-13(11,12)10-5/h8,10H,2,6H2,1H3,(H2,7,9). The van der Waals surface area contributed by atoms with E-state index in [1.807, 2.05) is 0 Å². The minimum Gasteiger partial charge on any atom is -0.393 e. The number of nitrogens with two attached hydrogens (primary N) is 2. The van der Waals surface area contributed by atoms with Crippen LogP contribution in [0.2, 0.25) is 0 Å². The first kappa shape index (κ1) is 9.65. The Labute approximate surface area is 76.1 Å². The molecule has 0 atom stereocenters. The second kappa shape index (κ2) is 3.13. The highest BCUT2D eigenvalue weighted by molar-refractivity contribution is 7.88. The summed E-state index contributed by atoms with van der Waals surface area (Å²) in [5, 5.41) is 2.72. The highest BCUT2D eigenvalue weighted by Gasteiger charge is 2.21. The maximum absolute atomic E-state index is 11.0. The Balaban J connectivity index is 3.07. The lowest BCUT2D eigenvalue weighted by atomic mass is 10.4. The molecule has 6 N–H and O–H groups in total. The van der Waals surface area contributed by atoms with Crippen LogP contribution in [0.5, 0.6) is 0 Å². The molecule has 1 aliphatic rings. The summed E-state index contributed by atoms with van der Waals surface area (Å²) < 4.78 is 27.2. The highest BCUT2D eigenvalue weighted by atomic mass is 32.2. The molecule has 0 aromatic carbocycles. The number of rotatable bonds is 2. The molecule has 0 radical (unpaired) electrons. The molecule has 0 aromatic rings. The molecule has 0 aromatic heterocycles. The Morgan fingerprint density at radius 1 is 1.54 bits per heavy atom. The Morgan fingerprint density at radius 3 is 2.69 bits per heavy atom. The molecule has 1 rings (SSSR count). The van der Waals surface area contributed by atoms with Gasteiger partial charge in [0.25, 0.3) is 0 Å². The van der Waals surface area contributed by atoms with Crippen molar-refractivity contribution in [1.82, 2.24) is 10.0 Å². The van der Waals surface area contributed by atoms with Crippen LogP contribution in [0.3, 0.4) is 0 Å². The van der Waals surface area contributed by atoms with E-state index >= 15 is 0 Å². The monoisotopic (exact) mass is 205 g/mol. The van der Waals surface area contributed by atoms with Crippen LogP contribution in [0.25, 0.3) is 0 Å². The van der Waals surface area contributed by atoms with Gasteiger partial charge in [-0.15, -0.1) is 4.40 Å². The summed E-state index contributed by atoms with van der Waals surface area (Å²) in [5.41, 5.74) is 10.9. The molecule has 0 bridgehead atoms. The zero-order valence-electron chi connectivity index (χ0n) is 7.03. The summed E-state index contributed by atoms with van der Waals surface area (Å²) in [7, 11) is -3.72. The van der Waals surface area contributed by atoms with E-state index in [2.05, 4.69) is 14.4 Å². The average molecular weight is 205 g/mol. The van der Waals surface area contributed by atoms with Crippen molar-refractivity contribution >= 4 is 16.0 Å². The fraction of sp³-hybridized carbons (Fsp3) is 0.400. The Morgan fingerprint density at radius 2 is 2.15 bits per heavy atom. The maximum atomic E-state index is 11.0. The predicted molar refractivity (Wildman–Crippen MR) is 48.6 cm³/mol. The second-order valence-electron chi connectivity index (χ2n) is 2.37. The molecule has 0 saturated heterocycles. The fourth-order valence-electron chi connectivity index (χ4n) is 0.822. The van der Waals surface area contributed by atoms with Crippen LogP contribution in [0.1, 0.15) is 6.92 Å². The van der Waals surface area contributed by atoms with Crippen molar-refractivity contribution in [3.05, 3.63) is 11.5 Å². The minimum atomic E-state index is -3.72. The fourth-order valence-corrected chi connectivity index (χ4v) is 1.66. The van der Waals surface area contributed by atoms with Crippen LogP contribution < -0.4 is 21.5 Å². The smallest absolute Gasteiger partial charge is 0.345 e. The quantitative estimate of drug-likeness (QED) is 0.412. The van der Waals surface area contributed by atoms with Crippen LogP contribution in [0.4, 0.5) is 0 Å². The van der Waals surface area contributed by atoms with Crippen molar-refractivity contribution in [3.8, 4) is 0 Å². The van der Waals surface area contributed by atoms with E-state index in [4.69, 9.17) is 11.5 Å². The van der Waals surface area contributed by atoms with Gasteiger partial charge in [-0.05, 0) is 6.92 Å². The molecule has 1 aliphatic heterocycles. The summed E-state index contributed by atoms with van der Waals surface area (Å²) >= 11 is 0. The van der Waals surface area contributed by atoms with Gasteiger partial charge < -0.3 is 16.8 Å². The van der Waals surface area contributed by atoms with E-state index in [1.165, 1.54) is 0 Å². The van der Waals surface area contributed by atoms with Gasteiger partial charge in [0.1, 0.15) is 11.5 Å². The number of amidine groups is 1. The summed E-state index contributed by atoms with van der Waals surface area (Å²) in [6.07, 6.45) is 0. The van der Waals surface area contributed by atoms with E-state index < -0.39 is 10.2 Å². The molecule has 0 amide bonds. The van der Waals surface area contributed by atoms with Crippen LogP contribution in [0, 0.1) is 0 Å². The van der Waals surface area contributed by atoms with Crippen LogP contribution in [-0.4, -0.2) is 20.8 Å². The van der Waals surface area contributed by atoms with Gasteiger partial charge in [0.05, 0.1) is 0 Å². The van der Waals surface area contributed by atoms with Gasteiger partial charge in [-0.25, -0.2) is 4.72 Å². The van der Waals surface area contributed by atoms with Gasteiger partial charge >= 0.3 is 10.2 Å². The predicted octanol–water partition coefficient (Wildman–Crippen LogP) is -2.07. The van der Waals surface area contributed by atoms with Crippen molar-refractivity contribution in [2.24, 2.45) is 15.9 Å². The average Bonchev–Trinajstić information content (AvgIpc) is 1.99. The molecule has 74 valence electrons. The first-order chi connectivity index (χ1) is 5.96. The zero-order chi connectivity index (χ0) is 10.1. The summed E-state index contributed by atoms with van der Waals surface area (Å²) in [4.78, 5) is 0. The summed E-state index contributed by atoms with van der Waals surface area (Å²) in [6.45, 7) is 2.34. The van der Waals surface area contributed by atoms with Crippen molar-refractivity contribution in [1.29, 1.82) is 0 Å². The van der Waals surface area contributed by atoms with Crippen molar-refractivity contribution < 1.29 is 8.42 Å². The minimum absolute atomic E-state index is 0.108. The normalized spacial score (nSPS) is 20.5. The Kier molecular flexibility index (Phi) is 2.32. The van der Waals surface area contributed by atoms with Gasteiger partial charge in [0.15, 0.2) is 5.84 Å². The van der Waals surface area contributed by atoms with Crippen LogP contribution in [0.15, 0.2) is 15.9 Å². The molecule has 0 fully saturated rings.